The maximum Gasteiger partial charge on any atom is 0.308 e. The van der Waals surface area contributed by atoms with Crippen molar-refractivity contribution in [2.45, 2.75) is 57.6 Å². The minimum Gasteiger partial charge on any atom is -0.427 e. The fourth-order valence-electron chi connectivity index (χ4n) is 6.39. The Morgan fingerprint density at radius 2 is 1.89 bits per heavy atom. The molecule has 1 amide bonds. The molecule has 1 saturated carbocycles. The average molecular weight is 493 g/mol. The third-order valence-electron chi connectivity index (χ3n) is 7.97. The molecule has 6 heteroatoms. The van der Waals surface area contributed by atoms with Gasteiger partial charge in [0.2, 0.25) is 0 Å². The van der Waals surface area contributed by atoms with Gasteiger partial charge in [-0.25, -0.2) is 0 Å². The zero-order chi connectivity index (χ0) is 25.9. The summed E-state index contributed by atoms with van der Waals surface area (Å²) < 4.78 is 11.6. The smallest absolute Gasteiger partial charge is 0.308 e. The second kappa shape index (κ2) is 11.1. The predicted molar refractivity (Wildman–Crippen MR) is 141 cm³/mol. The third kappa shape index (κ3) is 5.50. The molecular formula is C30H40N2O4. The lowest BCUT2D eigenvalue weighted by Gasteiger charge is -2.56. The number of methoxy groups -OCH3 is 1. The van der Waals surface area contributed by atoms with Gasteiger partial charge in [-0.3, -0.25) is 9.59 Å². The molecule has 2 fully saturated rings. The topological polar surface area (TPSA) is 59.1 Å². The van der Waals surface area contributed by atoms with E-state index in [0.717, 1.165) is 37.9 Å². The zero-order valence-corrected chi connectivity index (χ0v) is 22.3. The Labute approximate surface area is 215 Å². The fourth-order valence-corrected chi connectivity index (χ4v) is 6.39. The molecule has 4 rings (SSSR count). The first kappa shape index (κ1) is 26.4. The number of hydrogen-bond donors (Lipinski definition) is 0. The van der Waals surface area contributed by atoms with Crippen LogP contribution >= 0.6 is 0 Å². The van der Waals surface area contributed by atoms with Crippen LogP contribution in [-0.4, -0.2) is 67.6 Å². The van der Waals surface area contributed by atoms with Gasteiger partial charge in [0.1, 0.15) is 5.75 Å². The number of ether oxygens (including phenoxy) is 2. The van der Waals surface area contributed by atoms with E-state index in [1.807, 2.05) is 48.5 Å². The normalized spacial score (nSPS) is 26.3. The maximum atomic E-state index is 13.8. The summed E-state index contributed by atoms with van der Waals surface area (Å²) in [5.74, 6) is 0.953. The number of carbonyl (C=O) groups excluding carboxylic acids is 2. The predicted octanol–water partition coefficient (Wildman–Crippen LogP) is 4.78. The second-order valence-corrected chi connectivity index (χ2v) is 11.0. The van der Waals surface area contributed by atoms with Crippen LogP contribution in [0.15, 0.2) is 54.6 Å². The lowest BCUT2D eigenvalue weighted by atomic mass is 9.56. The van der Waals surface area contributed by atoms with E-state index in [4.69, 9.17) is 9.47 Å². The molecule has 4 unspecified atom stereocenters. The lowest BCUT2D eigenvalue weighted by molar-refractivity contribution is -0.131. The van der Waals surface area contributed by atoms with Crippen LogP contribution < -0.4 is 4.74 Å². The highest BCUT2D eigenvalue weighted by atomic mass is 16.5. The SMILES string of the molecule is COC1CC(N(CC(C)C)C(=O)c2ccccc2)CC2(c3cccc(OC(C)=O)c3)CCN(C)CC12. The number of fused-ring (bicyclic) bond motifs is 1. The van der Waals surface area contributed by atoms with E-state index in [-0.39, 0.29) is 35.4 Å². The van der Waals surface area contributed by atoms with Crippen LogP contribution in [0.4, 0.5) is 0 Å². The minimum atomic E-state index is -0.322. The Kier molecular flexibility index (Phi) is 8.16. The summed E-state index contributed by atoms with van der Waals surface area (Å²) in [6.07, 6.45) is 2.65. The quantitative estimate of drug-likeness (QED) is 0.411. The first-order chi connectivity index (χ1) is 17.2. The van der Waals surface area contributed by atoms with Gasteiger partial charge >= 0.3 is 5.97 Å². The molecule has 194 valence electrons. The number of hydrogen-bond acceptors (Lipinski definition) is 5. The van der Waals surface area contributed by atoms with Crippen LogP contribution in [0, 0.1) is 11.8 Å². The number of likely N-dealkylation sites (tertiary alicyclic amines) is 1. The third-order valence-corrected chi connectivity index (χ3v) is 7.97. The van der Waals surface area contributed by atoms with Crippen LogP contribution in [0.25, 0.3) is 0 Å². The Hall–Kier alpha value is -2.70. The highest BCUT2D eigenvalue weighted by Crippen LogP contribution is 2.51. The van der Waals surface area contributed by atoms with Crippen LogP contribution in [0.3, 0.4) is 0 Å². The van der Waals surface area contributed by atoms with E-state index in [1.165, 1.54) is 12.5 Å². The molecule has 6 nitrogen and oxygen atoms in total. The van der Waals surface area contributed by atoms with Crippen molar-refractivity contribution in [2.75, 3.05) is 33.8 Å². The molecule has 36 heavy (non-hydrogen) atoms. The Balaban J connectivity index is 1.77. The van der Waals surface area contributed by atoms with Crippen molar-refractivity contribution in [1.29, 1.82) is 0 Å². The Morgan fingerprint density at radius 1 is 1.14 bits per heavy atom. The van der Waals surface area contributed by atoms with Crippen molar-refractivity contribution < 1.29 is 19.1 Å². The van der Waals surface area contributed by atoms with Gasteiger partial charge in [0.05, 0.1) is 6.10 Å². The number of benzene rings is 2. The molecule has 0 bridgehead atoms. The van der Waals surface area contributed by atoms with E-state index in [2.05, 4.69) is 36.8 Å². The van der Waals surface area contributed by atoms with Gasteiger partial charge in [-0.15, -0.1) is 0 Å². The molecule has 1 aliphatic carbocycles. The standard InChI is InChI=1S/C30H40N2O4/c1-21(2)19-32(29(34)23-10-7-6-8-11-23)25-17-28(35-5)27-20-31(4)15-14-30(27,18-25)24-12-9-13-26(16-24)36-22(3)33/h6-13,16,21,25,27-28H,14-15,17-20H2,1-5H3. The molecule has 1 heterocycles. The van der Waals surface area contributed by atoms with E-state index < -0.39 is 0 Å². The van der Waals surface area contributed by atoms with Gasteiger partial charge in [0.25, 0.3) is 5.91 Å². The molecule has 2 aromatic carbocycles. The van der Waals surface area contributed by atoms with Gasteiger partial charge in [-0.05, 0) is 68.6 Å². The fraction of sp³-hybridized carbons (Fsp3) is 0.533. The molecule has 2 aliphatic rings. The summed E-state index contributed by atoms with van der Waals surface area (Å²) >= 11 is 0. The number of nitrogens with zero attached hydrogens (tertiary/aromatic N) is 2. The highest BCUT2D eigenvalue weighted by Gasteiger charge is 2.53. The molecule has 1 aliphatic heterocycles. The van der Waals surface area contributed by atoms with E-state index in [1.54, 1.807) is 7.11 Å². The minimum absolute atomic E-state index is 0.0158. The number of piperidine rings is 1. The van der Waals surface area contributed by atoms with Gasteiger partial charge in [0.15, 0.2) is 0 Å². The van der Waals surface area contributed by atoms with E-state index in [0.29, 0.717) is 18.2 Å². The van der Waals surface area contributed by atoms with Crippen molar-refractivity contribution in [3.8, 4) is 5.75 Å². The largest absolute Gasteiger partial charge is 0.427 e. The first-order valence-electron chi connectivity index (χ1n) is 13.1. The average Bonchev–Trinajstić information content (AvgIpc) is 2.86. The van der Waals surface area contributed by atoms with Crippen LogP contribution in [-0.2, 0) is 14.9 Å². The zero-order valence-electron chi connectivity index (χ0n) is 22.3. The van der Waals surface area contributed by atoms with Crippen molar-refractivity contribution in [3.05, 3.63) is 65.7 Å². The maximum absolute atomic E-state index is 13.8. The van der Waals surface area contributed by atoms with Crippen LogP contribution in [0.2, 0.25) is 0 Å². The Bertz CT molecular complexity index is 1060. The second-order valence-electron chi connectivity index (χ2n) is 11.0. The summed E-state index contributed by atoms with van der Waals surface area (Å²) in [5, 5.41) is 0. The number of amides is 1. The molecule has 1 saturated heterocycles. The summed E-state index contributed by atoms with van der Waals surface area (Å²) in [7, 11) is 3.97. The molecule has 2 aromatic rings. The number of esters is 1. The van der Waals surface area contributed by atoms with E-state index in [9.17, 15) is 9.59 Å². The van der Waals surface area contributed by atoms with Crippen LogP contribution in [0.1, 0.15) is 56.0 Å². The molecule has 0 N–H and O–H groups in total. The highest BCUT2D eigenvalue weighted by molar-refractivity contribution is 5.94. The van der Waals surface area contributed by atoms with Crippen molar-refractivity contribution >= 4 is 11.9 Å². The summed E-state index contributed by atoms with van der Waals surface area (Å²) in [4.78, 5) is 30.0. The summed E-state index contributed by atoms with van der Waals surface area (Å²) in [6, 6.07) is 17.6. The van der Waals surface area contributed by atoms with Gasteiger partial charge < -0.3 is 19.3 Å². The summed E-state index contributed by atoms with van der Waals surface area (Å²) in [6.45, 7) is 8.36. The number of carbonyl (C=O) groups is 2. The molecule has 4 atom stereocenters. The molecule has 0 spiro atoms. The number of rotatable bonds is 7. The summed E-state index contributed by atoms with van der Waals surface area (Å²) in [5.41, 5.74) is 1.71. The van der Waals surface area contributed by atoms with Gasteiger partial charge in [-0.1, -0.05) is 44.2 Å². The molecular weight excluding hydrogens is 452 g/mol. The van der Waals surface area contributed by atoms with E-state index >= 15 is 0 Å². The molecule has 0 aromatic heterocycles. The Morgan fingerprint density at radius 3 is 2.56 bits per heavy atom. The van der Waals surface area contributed by atoms with Crippen molar-refractivity contribution in [3.63, 3.8) is 0 Å². The molecule has 0 radical (unpaired) electrons. The van der Waals surface area contributed by atoms with Gasteiger partial charge in [0, 0.05) is 50.1 Å². The monoisotopic (exact) mass is 492 g/mol. The lowest BCUT2D eigenvalue weighted by Crippen LogP contribution is -2.61. The first-order valence-corrected chi connectivity index (χ1v) is 13.1. The van der Waals surface area contributed by atoms with Gasteiger partial charge in [-0.2, -0.15) is 0 Å². The van der Waals surface area contributed by atoms with Crippen LogP contribution in [0.5, 0.6) is 5.75 Å². The van der Waals surface area contributed by atoms with Crippen molar-refractivity contribution in [1.82, 2.24) is 9.80 Å². The van der Waals surface area contributed by atoms with Crippen molar-refractivity contribution in [2.24, 2.45) is 11.8 Å².